The Bertz CT molecular complexity index is 305. The van der Waals surface area contributed by atoms with E-state index in [-0.39, 0.29) is 5.60 Å². The van der Waals surface area contributed by atoms with E-state index in [1.54, 1.807) is 11.1 Å². The number of hydrogen-bond donors (Lipinski definition) is 1. The Morgan fingerprint density at radius 1 is 1.12 bits per heavy atom. The number of fused-ring (bicyclic) bond motifs is 1. The maximum atomic E-state index is 10.8. The molecule has 0 unspecified atom stereocenters. The van der Waals surface area contributed by atoms with Crippen LogP contribution in [0.2, 0.25) is 0 Å². The quantitative estimate of drug-likeness (QED) is 0.715. The van der Waals surface area contributed by atoms with Gasteiger partial charge in [-0.2, -0.15) is 0 Å². The van der Waals surface area contributed by atoms with Gasteiger partial charge in [0.2, 0.25) is 0 Å². The van der Waals surface area contributed by atoms with E-state index in [4.69, 9.17) is 0 Å². The van der Waals surface area contributed by atoms with Gasteiger partial charge >= 0.3 is 0 Å². The molecule has 2 aliphatic carbocycles. The van der Waals surface area contributed by atoms with Crippen LogP contribution in [0.1, 0.15) is 59.8 Å². The van der Waals surface area contributed by atoms with E-state index in [9.17, 15) is 5.11 Å². The standard InChI is InChI=1S/C15H26O/c1-5-10-9-15(16,8-4)14-12(7-3)11(6-2)13(10)14/h10,13-14,16H,5-9H2,1-4H3/t10-,13-,14+,15-/m1/s1. The molecule has 1 fully saturated rings. The van der Waals surface area contributed by atoms with Gasteiger partial charge in [-0.1, -0.05) is 45.3 Å². The Morgan fingerprint density at radius 3 is 2.19 bits per heavy atom. The van der Waals surface area contributed by atoms with E-state index in [1.165, 1.54) is 12.8 Å². The first kappa shape index (κ1) is 12.2. The summed E-state index contributed by atoms with van der Waals surface area (Å²) in [5.74, 6) is 1.96. The average Bonchev–Trinajstić information content (AvgIpc) is 2.51. The lowest BCUT2D eigenvalue weighted by Crippen LogP contribution is -2.42. The molecule has 0 saturated heterocycles. The monoisotopic (exact) mass is 222 g/mol. The van der Waals surface area contributed by atoms with Crippen LogP contribution in [0.15, 0.2) is 11.1 Å². The molecule has 4 atom stereocenters. The summed E-state index contributed by atoms with van der Waals surface area (Å²) in [6, 6.07) is 0. The molecule has 0 aromatic carbocycles. The minimum Gasteiger partial charge on any atom is -0.389 e. The van der Waals surface area contributed by atoms with Crippen LogP contribution in [0.25, 0.3) is 0 Å². The van der Waals surface area contributed by atoms with Crippen LogP contribution in [0, 0.1) is 17.8 Å². The van der Waals surface area contributed by atoms with Crippen molar-refractivity contribution in [3.63, 3.8) is 0 Å². The first-order chi connectivity index (χ1) is 7.62. The smallest absolute Gasteiger partial charge is 0.0718 e. The average molecular weight is 222 g/mol. The van der Waals surface area contributed by atoms with Crippen LogP contribution >= 0.6 is 0 Å². The van der Waals surface area contributed by atoms with Gasteiger partial charge in [0.15, 0.2) is 0 Å². The molecule has 1 nitrogen and oxygen atoms in total. The Morgan fingerprint density at radius 2 is 1.75 bits per heavy atom. The van der Waals surface area contributed by atoms with Gasteiger partial charge in [0, 0.05) is 5.92 Å². The Labute approximate surface area is 99.9 Å². The largest absolute Gasteiger partial charge is 0.389 e. The molecule has 0 aromatic rings. The lowest BCUT2D eigenvalue weighted by atomic mass is 9.61. The van der Waals surface area contributed by atoms with Crippen LogP contribution in [-0.4, -0.2) is 10.7 Å². The third-order valence-corrected chi connectivity index (χ3v) is 5.15. The molecule has 0 spiro atoms. The fraction of sp³-hybridized carbons (Fsp3) is 0.867. The van der Waals surface area contributed by atoms with E-state index in [1.807, 2.05) is 0 Å². The molecular formula is C15H26O. The maximum Gasteiger partial charge on any atom is 0.0718 e. The van der Waals surface area contributed by atoms with Crippen molar-refractivity contribution < 1.29 is 5.11 Å². The Balaban J connectivity index is 2.33. The van der Waals surface area contributed by atoms with Crippen molar-refractivity contribution in [2.24, 2.45) is 17.8 Å². The zero-order valence-electron chi connectivity index (χ0n) is 11.2. The first-order valence-corrected chi connectivity index (χ1v) is 7.07. The van der Waals surface area contributed by atoms with Crippen molar-refractivity contribution in [1.82, 2.24) is 0 Å². The number of rotatable bonds is 4. The highest BCUT2D eigenvalue weighted by molar-refractivity contribution is 5.39. The molecule has 2 rings (SSSR count). The highest BCUT2D eigenvalue weighted by Gasteiger charge is 2.58. The van der Waals surface area contributed by atoms with Gasteiger partial charge in [-0.05, 0) is 37.5 Å². The first-order valence-electron chi connectivity index (χ1n) is 7.07. The minimum absolute atomic E-state index is 0.380. The Kier molecular flexibility index (Phi) is 3.18. The van der Waals surface area contributed by atoms with Gasteiger partial charge < -0.3 is 5.11 Å². The normalized spacial score (nSPS) is 42.2. The van der Waals surface area contributed by atoms with Crippen LogP contribution in [0.3, 0.4) is 0 Å². The maximum absolute atomic E-state index is 10.8. The zero-order valence-corrected chi connectivity index (χ0v) is 11.2. The van der Waals surface area contributed by atoms with Gasteiger partial charge in [-0.15, -0.1) is 0 Å². The van der Waals surface area contributed by atoms with Crippen LogP contribution in [-0.2, 0) is 0 Å². The molecule has 0 radical (unpaired) electrons. The summed E-state index contributed by atoms with van der Waals surface area (Å²) in [5, 5.41) is 10.8. The van der Waals surface area contributed by atoms with Crippen molar-refractivity contribution in [1.29, 1.82) is 0 Å². The summed E-state index contributed by atoms with van der Waals surface area (Å²) in [4.78, 5) is 0. The Hall–Kier alpha value is -0.300. The van der Waals surface area contributed by atoms with Crippen molar-refractivity contribution in [2.75, 3.05) is 0 Å². The van der Waals surface area contributed by atoms with Gasteiger partial charge in [0.25, 0.3) is 0 Å². The third kappa shape index (κ3) is 1.40. The van der Waals surface area contributed by atoms with E-state index in [0.29, 0.717) is 5.92 Å². The van der Waals surface area contributed by atoms with Crippen molar-refractivity contribution in [2.45, 2.75) is 65.4 Å². The second-order valence-electron chi connectivity index (χ2n) is 5.59. The SMILES string of the molecule is CCC1=C(CC)[C@H]2[C@@H]1[C@H](CC)C[C@]2(O)CC. The summed E-state index contributed by atoms with van der Waals surface area (Å²) < 4.78 is 0. The molecule has 1 heteroatoms. The van der Waals surface area contributed by atoms with E-state index in [2.05, 4.69) is 27.7 Å². The van der Waals surface area contributed by atoms with Gasteiger partial charge in [-0.3, -0.25) is 0 Å². The van der Waals surface area contributed by atoms with Gasteiger partial charge in [0.05, 0.1) is 5.60 Å². The zero-order chi connectivity index (χ0) is 11.9. The summed E-state index contributed by atoms with van der Waals surface area (Å²) in [6.45, 7) is 8.94. The van der Waals surface area contributed by atoms with Crippen LogP contribution < -0.4 is 0 Å². The highest BCUT2D eigenvalue weighted by atomic mass is 16.3. The summed E-state index contributed by atoms with van der Waals surface area (Å²) in [5.41, 5.74) is 2.89. The third-order valence-electron chi connectivity index (χ3n) is 5.15. The molecule has 16 heavy (non-hydrogen) atoms. The van der Waals surface area contributed by atoms with E-state index < -0.39 is 0 Å². The van der Waals surface area contributed by atoms with Crippen LogP contribution in [0.5, 0.6) is 0 Å². The molecule has 92 valence electrons. The number of allylic oxidation sites excluding steroid dienone is 1. The minimum atomic E-state index is -0.380. The summed E-state index contributed by atoms with van der Waals surface area (Å²) >= 11 is 0. The summed E-state index contributed by atoms with van der Waals surface area (Å²) in [7, 11) is 0. The molecule has 0 heterocycles. The molecule has 1 N–H and O–H groups in total. The van der Waals surface area contributed by atoms with Gasteiger partial charge in [-0.25, -0.2) is 0 Å². The molecule has 2 aliphatic rings. The number of aliphatic hydroxyl groups is 1. The molecule has 0 aromatic heterocycles. The fourth-order valence-corrected chi connectivity index (χ4v) is 4.33. The second-order valence-corrected chi connectivity index (χ2v) is 5.59. The molecule has 0 bridgehead atoms. The van der Waals surface area contributed by atoms with E-state index in [0.717, 1.165) is 31.1 Å². The molecule has 0 amide bonds. The van der Waals surface area contributed by atoms with Gasteiger partial charge in [0.1, 0.15) is 0 Å². The summed E-state index contributed by atoms with van der Waals surface area (Å²) in [6.07, 6.45) is 5.52. The lowest BCUT2D eigenvalue weighted by molar-refractivity contribution is -0.00379. The second kappa shape index (κ2) is 4.18. The topological polar surface area (TPSA) is 20.2 Å². The molecule has 1 saturated carbocycles. The van der Waals surface area contributed by atoms with E-state index >= 15 is 0 Å². The fourth-order valence-electron chi connectivity index (χ4n) is 4.33. The van der Waals surface area contributed by atoms with Crippen molar-refractivity contribution in [3.8, 4) is 0 Å². The predicted octanol–water partition coefficient (Wildman–Crippen LogP) is 3.92. The molecular weight excluding hydrogens is 196 g/mol. The lowest BCUT2D eigenvalue weighted by Gasteiger charge is -2.45. The molecule has 0 aliphatic heterocycles. The van der Waals surface area contributed by atoms with Crippen molar-refractivity contribution >= 4 is 0 Å². The van der Waals surface area contributed by atoms with Crippen LogP contribution in [0.4, 0.5) is 0 Å². The van der Waals surface area contributed by atoms with Crippen molar-refractivity contribution in [3.05, 3.63) is 11.1 Å². The predicted molar refractivity (Wildman–Crippen MR) is 68.2 cm³/mol. The number of hydrogen-bond acceptors (Lipinski definition) is 1. The highest BCUT2D eigenvalue weighted by Crippen LogP contribution is 2.61.